The van der Waals surface area contributed by atoms with Gasteiger partial charge in [0.25, 0.3) is 6.43 Å². The van der Waals surface area contributed by atoms with Gasteiger partial charge in [0.05, 0.1) is 10.4 Å². The molecule has 0 radical (unpaired) electrons. The van der Waals surface area contributed by atoms with Crippen molar-refractivity contribution < 1.29 is 27.0 Å². The molecule has 4 nitrogen and oxygen atoms in total. The highest BCUT2D eigenvalue weighted by atomic mass is 35.5. The van der Waals surface area contributed by atoms with E-state index in [-0.39, 0.29) is 33.5 Å². The van der Waals surface area contributed by atoms with Gasteiger partial charge in [-0.05, 0) is 29.7 Å². The number of nitrogen functional groups attached to an aromatic ring is 1. The SMILES string of the molecule is Nc1cc(OC(CF)C(F)F)c2c(Oc3c(F)cccc3Cl)nccc2c1. The third-order valence-electron chi connectivity index (χ3n) is 3.64. The Labute approximate surface area is 156 Å². The number of hydrogen-bond donors (Lipinski definition) is 1. The highest BCUT2D eigenvalue weighted by molar-refractivity contribution is 6.32. The molecule has 1 atom stereocenters. The number of alkyl halides is 3. The number of aromatic nitrogens is 1. The van der Waals surface area contributed by atoms with Crippen molar-refractivity contribution >= 4 is 28.1 Å². The normalized spacial score (nSPS) is 12.4. The Morgan fingerprint density at radius 2 is 1.96 bits per heavy atom. The van der Waals surface area contributed by atoms with Crippen molar-refractivity contribution in [3.05, 3.63) is 53.4 Å². The van der Waals surface area contributed by atoms with E-state index in [2.05, 4.69) is 4.98 Å². The molecule has 1 unspecified atom stereocenters. The van der Waals surface area contributed by atoms with Gasteiger partial charge in [-0.3, -0.25) is 0 Å². The van der Waals surface area contributed by atoms with Gasteiger partial charge in [0.15, 0.2) is 17.7 Å². The second-order valence-corrected chi connectivity index (χ2v) is 5.94. The molecular formula is C18H13ClF4N2O2. The van der Waals surface area contributed by atoms with Crippen LogP contribution in [0.5, 0.6) is 17.4 Å². The first kappa shape index (κ1) is 19.0. The van der Waals surface area contributed by atoms with E-state index in [0.717, 1.165) is 6.07 Å². The number of fused-ring (bicyclic) bond motifs is 1. The molecule has 2 N–H and O–H groups in total. The maximum atomic E-state index is 14.0. The minimum absolute atomic E-state index is 0.0130. The Morgan fingerprint density at radius 3 is 2.63 bits per heavy atom. The Bertz CT molecular complexity index is 951. The molecule has 0 spiro atoms. The Hall–Kier alpha value is -2.74. The summed E-state index contributed by atoms with van der Waals surface area (Å²) < 4.78 is 63.4. The second-order valence-electron chi connectivity index (χ2n) is 5.53. The number of rotatable bonds is 6. The van der Waals surface area contributed by atoms with Crippen molar-refractivity contribution in [2.45, 2.75) is 12.5 Å². The predicted octanol–water partition coefficient (Wildman–Crippen LogP) is 5.38. The van der Waals surface area contributed by atoms with Crippen LogP contribution in [0.2, 0.25) is 5.02 Å². The fourth-order valence-corrected chi connectivity index (χ4v) is 2.63. The number of anilines is 1. The van der Waals surface area contributed by atoms with Crippen LogP contribution in [0.3, 0.4) is 0 Å². The summed E-state index contributed by atoms with van der Waals surface area (Å²) in [5, 5.41) is 0.542. The van der Waals surface area contributed by atoms with Crippen LogP contribution in [0.15, 0.2) is 42.6 Å². The van der Waals surface area contributed by atoms with Gasteiger partial charge in [-0.1, -0.05) is 17.7 Å². The van der Waals surface area contributed by atoms with E-state index < -0.39 is 25.0 Å². The lowest BCUT2D eigenvalue weighted by molar-refractivity contribution is -0.000398. The smallest absolute Gasteiger partial charge is 0.277 e. The first-order valence-electron chi connectivity index (χ1n) is 7.71. The van der Waals surface area contributed by atoms with Gasteiger partial charge in [-0.2, -0.15) is 0 Å². The molecule has 0 aliphatic carbocycles. The van der Waals surface area contributed by atoms with E-state index in [0.29, 0.717) is 5.39 Å². The summed E-state index contributed by atoms with van der Waals surface area (Å²) in [4.78, 5) is 4.00. The van der Waals surface area contributed by atoms with Gasteiger partial charge in [-0.15, -0.1) is 0 Å². The number of hydrogen-bond acceptors (Lipinski definition) is 4. The average Bonchev–Trinajstić information content (AvgIpc) is 2.62. The van der Waals surface area contributed by atoms with Crippen LogP contribution in [0.4, 0.5) is 23.2 Å². The molecule has 142 valence electrons. The molecule has 3 rings (SSSR count). The number of nitrogens with two attached hydrogens (primary N) is 1. The van der Waals surface area contributed by atoms with E-state index in [9.17, 15) is 17.6 Å². The molecule has 1 aromatic heterocycles. The van der Waals surface area contributed by atoms with Gasteiger partial charge in [0.2, 0.25) is 5.88 Å². The minimum Gasteiger partial charge on any atom is -0.481 e. The highest BCUT2D eigenvalue weighted by Gasteiger charge is 2.25. The highest BCUT2D eigenvalue weighted by Crippen LogP contribution is 2.39. The molecule has 0 saturated carbocycles. The zero-order chi connectivity index (χ0) is 19.6. The van der Waals surface area contributed by atoms with Gasteiger partial charge >= 0.3 is 0 Å². The number of benzene rings is 2. The van der Waals surface area contributed by atoms with Gasteiger partial charge < -0.3 is 15.2 Å². The van der Waals surface area contributed by atoms with Crippen molar-refractivity contribution in [2.24, 2.45) is 0 Å². The first-order chi connectivity index (χ1) is 12.9. The lowest BCUT2D eigenvalue weighted by Crippen LogP contribution is -2.27. The summed E-state index contributed by atoms with van der Waals surface area (Å²) in [5.74, 6) is -1.35. The fourth-order valence-electron chi connectivity index (χ4n) is 2.43. The quantitative estimate of drug-likeness (QED) is 0.445. The fraction of sp³-hybridized carbons (Fsp3) is 0.167. The molecule has 0 aliphatic heterocycles. The van der Waals surface area contributed by atoms with E-state index in [4.69, 9.17) is 26.8 Å². The van der Waals surface area contributed by atoms with E-state index in [1.165, 1.54) is 36.5 Å². The molecule has 0 bridgehead atoms. The van der Waals surface area contributed by atoms with Crippen LogP contribution >= 0.6 is 11.6 Å². The number of halogens is 5. The number of pyridine rings is 1. The van der Waals surface area contributed by atoms with Crippen LogP contribution in [-0.4, -0.2) is 24.2 Å². The largest absolute Gasteiger partial charge is 0.481 e. The Morgan fingerprint density at radius 1 is 1.19 bits per heavy atom. The van der Waals surface area contributed by atoms with Crippen LogP contribution < -0.4 is 15.2 Å². The van der Waals surface area contributed by atoms with Crippen molar-refractivity contribution in [3.8, 4) is 17.4 Å². The number of ether oxygens (including phenoxy) is 2. The third-order valence-corrected chi connectivity index (χ3v) is 3.94. The topological polar surface area (TPSA) is 57.4 Å². The molecular weight excluding hydrogens is 388 g/mol. The Kier molecular flexibility index (Phi) is 5.55. The average molecular weight is 401 g/mol. The zero-order valence-corrected chi connectivity index (χ0v) is 14.4. The van der Waals surface area contributed by atoms with Crippen LogP contribution in [0.1, 0.15) is 0 Å². The molecule has 2 aromatic carbocycles. The van der Waals surface area contributed by atoms with Crippen LogP contribution in [0, 0.1) is 5.82 Å². The maximum absolute atomic E-state index is 14.0. The first-order valence-corrected chi connectivity index (χ1v) is 8.09. The maximum Gasteiger partial charge on any atom is 0.277 e. The molecule has 0 fully saturated rings. The summed E-state index contributed by atoms with van der Waals surface area (Å²) in [6.07, 6.45) is -3.70. The summed E-state index contributed by atoms with van der Waals surface area (Å²) in [6.45, 7) is -1.41. The van der Waals surface area contributed by atoms with Crippen molar-refractivity contribution in [1.29, 1.82) is 0 Å². The molecule has 0 saturated heterocycles. The predicted molar refractivity (Wildman–Crippen MR) is 94.0 cm³/mol. The molecule has 3 aromatic rings. The van der Waals surface area contributed by atoms with E-state index in [1.807, 2.05) is 0 Å². The van der Waals surface area contributed by atoms with Crippen LogP contribution in [0.25, 0.3) is 10.8 Å². The lowest BCUT2D eigenvalue weighted by Gasteiger charge is -2.18. The Balaban J connectivity index is 2.13. The van der Waals surface area contributed by atoms with Gasteiger partial charge in [-0.25, -0.2) is 22.5 Å². The minimum atomic E-state index is -3.06. The number of nitrogens with zero attached hydrogens (tertiary/aromatic N) is 1. The molecule has 0 amide bonds. The van der Waals surface area contributed by atoms with Crippen molar-refractivity contribution in [1.82, 2.24) is 4.98 Å². The third kappa shape index (κ3) is 4.00. The van der Waals surface area contributed by atoms with E-state index in [1.54, 1.807) is 0 Å². The number of para-hydroxylation sites is 1. The molecule has 1 heterocycles. The summed E-state index contributed by atoms with van der Waals surface area (Å²) in [7, 11) is 0. The van der Waals surface area contributed by atoms with Crippen LogP contribution in [-0.2, 0) is 0 Å². The monoisotopic (exact) mass is 400 g/mol. The summed E-state index contributed by atoms with van der Waals surface area (Å²) in [6, 6.07) is 8.23. The standard InChI is InChI=1S/C18H13ClF4N2O2/c19-11-2-1-3-12(21)16(11)27-18-15-9(4-5-25-18)6-10(24)7-13(15)26-14(8-20)17(22)23/h1-7,14,17H,8,24H2. The lowest BCUT2D eigenvalue weighted by atomic mass is 10.1. The molecule has 9 heteroatoms. The summed E-state index contributed by atoms with van der Waals surface area (Å²) >= 11 is 5.95. The van der Waals surface area contributed by atoms with Crippen molar-refractivity contribution in [3.63, 3.8) is 0 Å². The molecule has 0 aliphatic rings. The van der Waals surface area contributed by atoms with E-state index >= 15 is 0 Å². The van der Waals surface area contributed by atoms with Gasteiger partial charge in [0, 0.05) is 18.0 Å². The molecule has 27 heavy (non-hydrogen) atoms. The van der Waals surface area contributed by atoms with Crippen molar-refractivity contribution in [2.75, 3.05) is 12.4 Å². The van der Waals surface area contributed by atoms with Gasteiger partial charge in [0.1, 0.15) is 12.4 Å². The second kappa shape index (κ2) is 7.87. The zero-order valence-electron chi connectivity index (χ0n) is 13.6. The summed E-state index contributed by atoms with van der Waals surface area (Å²) in [5.41, 5.74) is 5.96.